The van der Waals surface area contributed by atoms with Gasteiger partial charge >= 0.3 is 0 Å². The largest absolute Gasteiger partial charge is 0.495 e. The van der Waals surface area contributed by atoms with Gasteiger partial charge in [-0.3, -0.25) is 9.59 Å². The summed E-state index contributed by atoms with van der Waals surface area (Å²) in [6.07, 6.45) is 1.02. The molecule has 2 N–H and O–H groups in total. The number of ether oxygens (including phenoxy) is 1. The van der Waals surface area contributed by atoms with Crippen molar-refractivity contribution in [3.8, 4) is 5.75 Å². The summed E-state index contributed by atoms with van der Waals surface area (Å²) < 4.78 is 5.23. The van der Waals surface area contributed by atoms with E-state index < -0.39 is 0 Å². The average Bonchev–Trinajstić information content (AvgIpc) is 2.60. The van der Waals surface area contributed by atoms with E-state index in [0.29, 0.717) is 29.8 Å². The van der Waals surface area contributed by atoms with Crippen molar-refractivity contribution in [3.63, 3.8) is 0 Å². The van der Waals surface area contributed by atoms with Gasteiger partial charge in [0.2, 0.25) is 5.91 Å². The van der Waals surface area contributed by atoms with Gasteiger partial charge in [-0.2, -0.15) is 0 Å². The third kappa shape index (κ3) is 4.57. The molecule has 0 bridgehead atoms. The number of rotatable bonds is 6. The van der Waals surface area contributed by atoms with Crippen LogP contribution in [0.3, 0.4) is 0 Å². The second-order valence-electron chi connectivity index (χ2n) is 5.03. The summed E-state index contributed by atoms with van der Waals surface area (Å²) in [5.41, 5.74) is 2.06. The Morgan fingerprint density at radius 3 is 2.48 bits per heavy atom. The molecule has 5 nitrogen and oxygen atoms in total. The highest BCUT2D eigenvalue weighted by Gasteiger charge is 2.11. The average molecular weight is 312 g/mol. The number of anilines is 1. The highest BCUT2D eigenvalue weighted by Crippen LogP contribution is 2.25. The summed E-state index contributed by atoms with van der Waals surface area (Å²) in [6.45, 7) is 0. The standard InChI is InChI=1S/C18H20N2O3/c1-19-18(22)14-9-10-16(23-2)15(12-14)20-17(21)11-8-13-6-4-3-5-7-13/h3-7,9-10,12H,8,11H2,1-2H3,(H,19,22)(H,20,21). The molecule has 0 heterocycles. The molecule has 5 heteroatoms. The molecule has 120 valence electrons. The number of hydrogen-bond donors (Lipinski definition) is 2. The smallest absolute Gasteiger partial charge is 0.251 e. The maximum absolute atomic E-state index is 12.1. The van der Waals surface area contributed by atoms with Crippen molar-refractivity contribution in [1.82, 2.24) is 5.32 Å². The summed E-state index contributed by atoms with van der Waals surface area (Å²) in [7, 11) is 3.08. The SMILES string of the molecule is CNC(=O)c1ccc(OC)c(NC(=O)CCc2ccccc2)c1. The zero-order valence-corrected chi connectivity index (χ0v) is 13.3. The number of nitrogens with one attached hydrogen (secondary N) is 2. The quantitative estimate of drug-likeness (QED) is 0.861. The van der Waals surface area contributed by atoms with E-state index in [1.807, 2.05) is 30.3 Å². The maximum Gasteiger partial charge on any atom is 0.251 e. The summed E-state index contributed by atoms with van der Waals surface area (Å²) in [6, 6.07) is 14.7. The van der Waals surface area contributed by atoms with E-state index in [1.165, 1.54) is 7.11 Å². The first-order chi connectivity index (χ1) is 11.1. The molecule has 0 fully saturated rings. The molecule has 0 spiro atoms. The van der Waals surface area contributed by atoms with Gasteiger partial charge in [0, 0.05) is 19.0 Å². The molecule has 23 heavy (non-hydrogen) atoms. The first-order valence-corrected chi connectivity index (χ1v) is 7.38. The van der Waals surface area contributed by atoms with Crippen LogP contribution < -0.4 is 15.4 Å². The van der Waals surface area contributed by atoms with Crippen LogP contribution in [0.15, 0.2) is 48.5 Å². The van der Waals surface area contributed by atoms with Crippen LogP contribution in [0.4, 0.5) is 5.69 Å². The minimum Gasteiger partial charge on any atom is -0.495 e. The minimum atomic E-state index is -0.215. The maximum atomic E-state index is 12.1. The summed E-state index contributed by atoms with van der Waals surface area (Å²) in [5, 5.41) is 5.36. The van der Waals surface area contributed by atoms with Crippen molar-refractivity contribution in [2.75, 3.05) is 19.5 Å². The molecule has 2 amide bonds. The monoisotopic (exact) mass is 312 g/mol. The first-order valence-electron chi connectivity index (χ1n) is 7.38. The third-order valence-corrected chi connectivity index (χ3v) is 3.45. The van der Waals surface area contributed by atoms with Crippen molar-refractivity contribution >= 4 is 17.5 Å². The Bertz CT molecular complexity index is 684. The van der Waals surface area contributed by atoms with Crippen LogP contribution in [0.1, 0.15) is 22.3 Å². The van der Waals surface area contributed by atoms with Crippen molar-refractivity contribution in [1.29, 1.82) is 0 Å². The molecule has 0 aromatic heterocycles. The van der Waals surface area contributed by atoms with E-state index in [-0.39, 0.29) is 11.8 Å². The van der Waals surface area contributed by atoms with Gasteiger partial charge in [-0.15, -0.1) is 0 Å². The lowest BCUT2D eigenvalue weighted by Gasteiger charge is -2.12. The van der Waals surface area contributed by atoms with Crippen molar-refractivity contribution in [3.05, 3.63) is 59.7 Å². The summed E-state index contributed by atoms with van der Waals surface area (Å²) >= 11 is 0. The molecular formula is C18H20N2O3. The van der Waals surface area contributed by atoms with E-state index >= 15 is 0 Å². The summed E-state index contributed by atoms with van der Waals surface area (Å²) in [5.74, 6) is 0.180. The predicted octanol–water partition coefficient (Wildman–Crippen LogP) is 2.63. The van der Waals surface area contributed by atoms with Crippen LogP contribution in [-0.4, -0.2) is 26.0 Å². The Morgan fingerprint density at radius 1 is 1.09 bits per heavy atom. The van der Waals surface area contributed by atoms with Gasteiger partial charge in [0.15, 0.2) is 0 Å². The molecule has 0 saturated heterocycles. The molecule has 0 aliphatic heterocycles. The van der Waals surface area contributed by atoms with Gasteiger partial charge in [0.1, 0.15) is 5.75 Å². The van der Waals surface area contributed by atoms with E-state index in [1.54, 1.807) is 25.2 Å². The molecule has 2 aromatic carbocycles. The lowest BCUT2D eigenvalue weighted by molar-refractivity contribution is -0.116. The highest BCUT2D eigenvalue weighted by atomic mass is 16.5. The van der Waals surface area contributed by atoms with Gasteiger partial charge in [-0.1, -0.05) is 30.3 Å². The van der Waals surface area contributed by atoms with Crippen LogP contribution >= 0.6 is 0 Å². The Hall–Kier alpha value is -2.82. The van der Waals surface area contributed by atoms with Gasteiger partial charge in [0.25, 0.3) is 5.91 Å². The van der Waals surface area contributed by atoms with Crippen LogP contribution in [0.25, 0.3) is 0 Å². The number of carbonyl (C=O) groups is 2. The van der Waals surface area contributed by atoms with Crippen LogP contribution in [0, 0.1) is 0 Å². The minimum absolute atomic E-state index is 0.124. The lowest BCUT2D eigenvalue weighted by atomic mass is 10.1. The number of amides is 2. The number of aryl methyl sites for hydroxylation is 1. The summed E-state index contributed by atoms with van der Waals surface area (Å²) in [4.78, 5) is 23.8. The molecule has 0 unspecified atom stereocenters. The molecule has 0 saturated carbocycles. The third-order valence-electron chi connectivity index (χ3n) is 3.45. The Balaban J connectivity index is 2.05. The van der Waals surface area contributed by atoms with Crippen LogP contribution in [0.5, 0.6) is 5.75 Å². The van der Waals surface area contributed by atoms with Gasteiger partial charge in [-0.05, 0) is 30.2 Å². The zero-order chi connectivity index (χ0) is 16.7. The molecule has 0 aliphatic carbocycles. The number of carbonyl (C=O) groups excluding carboxylic acids is 2. The Labute approximate surface area is 135 Å². The van der Waals surface area contributed by atoms with E-state index in [4.69, 9.17) is 4.74 Å². The highest BCUT2D eigenvalue weighted by molar-refractivity contribution is 5.98. The topological polar surface area (TPSA) is 67.4 Å². The zero-order valence-electron chi connectivity index (χ0n) is 13.3. The van der Waals surface area contributed by atoms with Crippen LogP contribution in [-0.2, 0) is 11.2 Å². The first kappa shape index (κ1) is 16.5. The van der Waals surface area contributed by atoms with E-state index in [0.717, 1.165) is 5.56 Å². The van der Waals surface area contributed by atoms with Gasteiger partial charge in [-0.25, -0.2) is 0 Å². The normalized spacial score (nSPS) is 10.0. The van der Waals surface area contributed by atoms with Crippen molar-refractivity contribution < 1.29 is 14.3 Å². The molecular weight excluding hydrogens is 292 g/mol. The second kappa shape index (κ2) is 7.98. The molecule has 0 radical (unpaired) electrons. The molecule has 0 atom stereocenters. The fraction of sp³-hybridized carbons (Fsp3) is 0.222. The second-order valence-corrected chi connectivity index (χ2v) is 5.03. The Kier molecular flexibility index (Phi) is 5.74. The molecule has 0 aliphatic rings. The molecule has 2 rings (SSSR count). The number of benzene rings is 2. The lowest BCUT2D eigenvalue weighted by Crippen LogP contribution is -2.19. The van der Waals surface area contributed by atoms with Gasteiger partial charge < -0.3 is 15.4 Å². The Morgan fingerprint density at radius 2 is 1.83 bits per heavy atom. The van der Waals surface area contributed by atoms with E-state index in [9.17, 15) is 9.59 Å². The van der Waals surface area contributed by atoms with Crippen LogP contribution in [0.2, 0.25) is 0 Å². The fourth-order valence-electron chi connectivity index (χ4n) is 2.21. The van der Waals surface area contributed by atoms with Gasteiger partial charge in [0.05, 0.1) is 12.8 Å². The van der Waals surface area contributed by atoms with Crippen molar-refractivity contribution in [2.45, 2.75) is 12.8 Å². The molecule has 2 aromatic rings. The predicted molar refractivity (Wildman–Crippen MR) is 89.8 cm³/mol. The van der Waals surface area contributed by atoms with E-state index in [2.05, 4.69) is 10.6 Å². The fourth-order valence-corrected chi connectivity index (χ4v) is 2.21. The number of methoxy groups -OCH3 is 1. The van der Waals surface area contributed by atoms with Crippen molar-refractivity contribution in [2.24, 2.45) is 0 Å². The number of hydrogen-bond acceptors (Lipinski definition) is 3.